The lowest BCUT2D eigenvalue weighted by molar-refractivity contribution is -0.119. The van der Waals surface area contributed by atoms with E-state index in [0.29, 0.717) is 10.0 Å². The first kappa shape index (κ1) is 14.5. The summed E-state index contributed by atoms with van der Waals surface area (Å²) in [5.74, 6) is 0.114. The van der Waals surface area contributed by atoms with Crippen molar-refractivity contribution in [2.24, 2.45) is 0 Å². The summed E-state index contributed by atoms with van der Waals surface area (Å²) >= 11 is 13.9. The van der Waals surface area contributed by atoms with Crippen LogP contribution in [0.5, 0.6) is 0 Å². The fourth-order valence-corrected chi connectivity index (χ4v) is 4.51. The fourth-order valence-electron chi connectivity index (χ4n) is 3.34. The van der Waals surface area contributed by atoms with Gasteiger partial charge in [0.1, 0.15) is 6.17 Å². The van der Waals surface area contributed by atoms with Gasteiger partial charge in [0, 0.05) is 33.7 Å². The predicted molar refractivity (Wildman–Crippen MR) is 88.5 cm³/mol. The molecule has 3 heterocycles. The van der Waals surface area contributed by atoms with E-state index in [1.54, 1.807) is 17.2 Å². The van der Waals surface area contributed by atoms with E-state index in [0.717, 1.165) is 30.1 Å². The van der Waals surface area contributed by atoms with E-state index in [-0.39, 0.29) is 18.1 Å². The maximum atomic E-state index is 12.8. The lowest BCUT2D eigenvalue weighted by Gasteiger charge is -2.28. The first-order chi connectivity index (χ1) is 10.7. The van der Waals surface area contributed by atoms with Gasteiger partial charge in [0.2, 0.25) is 5.91 Å². The summed E-state index contributed by atoms with van der Waals surface area (Å²) in [5, 5.41) is 3.78. The second-order valence-corrected chi connectivity index (χ2v) is 7.17. The molecule has 4 nitrogen and oxygen atoms in total. The molecule has 7 heteroatoms. The zero-order chi connectivity index (χ0) is 15.3. The van der Waals surface area contributed by atoms with Crippen molar-refractivity contribution in [1.82, 2.24) is 9.88 Å². The van der Waals surface area contributed by atoms with Crippen molar-refractivity contribution < 1.29 is 4.79 Å². The standard InChI is InChI=1S/C15H13Cl2N3OS/c16-9-3-4-10(11(17)8-9)13-19-6-1-2-12(19)14(21)20(13)15-18-5-7-22-15/h3-5,7-8,12-13H,1-2,6H2. The maximum Gasteiger partial charge on any atom is 0.247 e. The number of rotatable bonds is 2. The number of fused-ring (bicyclic) bond motifs is 1. The molecule has 0 N–H and O–H groups in total. The van der Waals surface area contributed by atoms with Crippen molar-refractivity contribution in [2.45, 2.75) is 25.0 Å². The summed E-state index contributed by atoms with van der Waals surface area (Å²) < 4.78 is 0. The summed E-state index contributed by atoms with van der Waals surface area (Å²) in [5.41, 5.74) is 0.902. The van der Waals surface area contributed by atoms with E-state index in [1.165, 1.54) is 11.3 Å². The number of nitrogens with zero attached hydrogens (tertiary/aromatic N) is 3. The molecular weight excluding hydrogens is 341 g/mol. The van der Waals surface area contributed by atoms with Crippen LogP contribution < -0.4 is 4.90 Å². The molecule has 4 rings (SSSR count). The molecule has 1 aromatic carbocycles. The Labute approximate surface area is 142 Å². The summed E-state index contributed by atoms with van der Waals surface area (Å²) in [6.45, 7) is 0.891. The Hall–Kier alpha value is -1.14. The quantitative estimate of drug-likeness (QED) is 0.819. The van der Waals surface area contributed by atoms with Gasteiger partial charge in [-0.2, -0.15) is 0 Å². The van der Waals surface area contributed by atoms with Gasteiger partial charge in [-0.3, -0.25) is 14.6 Å². The van der Waals surface area contributed by atoms with Gasteiger partial charge in [0.05, 0.1) is 6.04 Å². The Morgan fingerprint density at radius 1 is 1.32 bits per heavy atom. The van der Waals surface area contributed by atoms with Crippen LogP contribution in [0.15, 0.2) is 29.8 Å². The average molecular weight is 354 g/mol. The first-order valence-electron chi connectivity index (χ1n) is 7.10. The van der Waals surface area contributed by atoms with Crippen LogP contribution in [0.4, 0.5) is 5.13 Å². The normalized spacial score (nSPS) is 25.0. The topological polar surface area (TPSA) is 36.4 Å². The van der Waals surface area contributed by atoms with Crippen LogP contribution in [0.3, 0.4) is 0 Å². The smallest absolute Gasteiger partial charge is 0.247 e. The maximum absolute atomic E-state index is 12.8. The Bertz CT molecular complexity index is 722. The van der Waals surface area contributed by atoms with E-state index < -0.39 is 0 Å². The number of hydrogen-bond acceptors (Lipinski definition) is 4. The van der Waals surface area contributed by atoms with Crippen molar-refractivity contribution in [3.05, 3.63) is 45.4 Å². The molecule has 2 aliphatic rings. The third-order valence-corrected chi connectivity index (χ3v) is 5.57. The van der Waals surface area contributed by atoms with Crippen LogP contribution in [0, 0.1) is 0 Å². The van der Waals surface area contributed by atoms with Crippen LogP contribution in [-0.2, 0) is 4.79 Å². The zero-order valence-corrected chi connectivity index (χ0v) is 13.9. The predicted octanol–water partition coefficient (Wildman–Crippen LogP) is 3.96. The summed E-state index contributed by atoms with van der Waals surface area (Å²) in [6.07, 6.45) is 3.44. The Morgan fingerprint density at radius 3 is 2.91 bits per heavy atom. The van der Waals surface area contributed by atoms with Crippen LogP contribution in [0.2, 0.25) is 10.0 Å². The molecule has 0 saturated carbocycles. The van der Waals surface area contributed by atoms with Gasteiger partial charge in [-0.1, -0.05) is 29.3 Å². The minimum atomic E-state index is -0.198. The Kier molecular flexibility index (Phi) is 3.61. The molecule has 0 radical (unpaired) electrons. The molecule has 0 bridgehead atoms. The van der Waals surface area contributed by atoms with Crippen molar-refractivity contribution in [3.8, 4) is 0 Å². The van der Waals surface area contributed by atoms with Crippen molar-refractivity contribution in [3.63, 3.8) is 0 Å². The van der Waals surface area contributed by atoms with Crippen molar-refractivity contribution >= 4 is 45.6 Å². The number of carbonyl (C=O) groups excluding carboxylic acids is 1. The van der Waals surface area contributed by atoms with Gasteiger partial charge in [-0.15, -0.1) is 11.3 Å². The number of aromatic nitrogens is 1. The molecule has 2 aliphatic heterocycles. The van der Waals surface area contributed by atoms with Crippen molar-refractivity contribution in [1.29, 1.82) is 0 Å². The molecule has 2 atom stereocenters. The highest BCUT2D eigenvalue weighted by molar-refractivity contribution is 7.13. The molecule has 2 unspecified atom stereocenters. The number of thiazole rings is 1. The van der Waals surface area contributed by atoms with E-state index in [2.05, 4.69) is 9.88 Å². The molecule has 2 saturated heterocycles. The lowest BCUT2D eigenvalue weighted by atomic mass is 10.1. The second-order valence-electron chi connectivity index (χ2n) is 5.46. The summed E-state index contributed by atoms with van der Waals surface area (Å²) in [7, 11) is 0. The zero-order valence-electron chi connectivity index (χ0n) is 11.6. The number of anilines is 1. The minimum absolute atomic E-state index is 0.0688. The van der Waals surface area contributed by atoms with Gasteiger partial charge >= 0.3 is 0 Å². The molecule has 1 amide bonds. The first-order valence-corrected chi connectivity index (χ1v) is 8.73. The third-order valence-electron chi connectivity index (χ3n) is 4.24. The lowest BCUT2D eigenvalue weighted by Crippen LogP contribution is -2.32. The molecular formula is C15H13Cl2N3OS. The molecule has 2 fully saturated rings. The molecule has 22 heavy (non-hydrogen) atoms. The number of hydrogen-bond donors (Lipinski definition) is 0. The van der Waals surface area contributed by atoms with Gasteiger partial charge in [0.25, 0.3) is 0 Å². The highest BCUT2D eigenvalue weighted by Crippen LogP contribution is 2.44. The highest BCUT2D eigenvalue weighted by atomic mass is 35.5. The van der Waals surface area contributed by atoms with Gasteiger partial charge in [0.15, 0.2) is 5.13 Å². The molecule has 0 aliphatic carbocycles. The number of benzene rings is 1. The van der Waals surface area contributed by atoms with Crippen LogP contribution in [0.1, 0.15) is 24.6 Å². The van der Waals surface area contributed by atoms with Gasteiger partial charge < -0.3 is 0 Å². The summed E-state index contributed by atoms with van der Waals surface area (Å²) in [6, 6.07) is 5.38. The second kappa shape index (κ2) is 5.49. The van der Waals surface area contributed by atoms with Crippen LogP contribution >= 0.6 is 34.5 Å². The Morgan fingerprint density at radius 2 is 2.18 bits per heavy atom. The van der Waals surface area contributed by atoms with E-state index in [9.17, 15) is 4.79 Å². The highest BCUT2D eigenvalue weighted by Gasteiger charge is 2.50. The largest absolute Gasteiger partial charge is 0.273 e. The van der Waals surface area contributed by atoms with Gasteiger partial charge in [-0.25, -0.2) is 4.98 Å². The van der Waals surface area contributed by atoms with E-state index in [1.807, 2.05) is 17.5 Å². The molecule has 1 aromatic heterocycles. The van der Waals surface area contributed by atoms with Gasteiger partial charge in [-0.05, 0) is 25.0 Å². The van der Waals surface area contributed by atoms with Crippen LogP contribution in [0.25, 0.3) is 0 Å². The number of carbonyl (C=O) groups is 1. The molecule has 114 valence electrons. The monoisotopic (exact) mass is 353 g/mol. The average Bonchev–Trinajstić information content (AvgIpc) is 3.18. The minimum Gasteiger partial charge on any atom is -0.273 e. The number of amides is 1. The van der Waals surface area contributed by atoms with Crippen molar-refractivity contribution in [2.75, 3.05) is 11.4 Å². The van der Waals surface area contributed by atoms with E-state index in [4.69, 9.17) is 23.2 Å². The van der Waals surface area contributed by atoms with E-state index >= 15 is 0 Å². The Balaban J connectivity index is 1.84. The third kappa shape index (κ3) is 2.15. The summed E-state index contributed by atoms with van der Waals surface area (Å²) in [4.78, 5) is 21.2. The van der Waals surface area contributed by atoms with Crippen LogP contribution in [-0.4, -0.2) is 28.4 Å². The fraction of sp³-hybridized carbons (Fsp3) is 0.333. The molecule has 2 aromatic rings. The molecule has 0 spiro atoms. The number of halogens is 2. The SMILES string of the molecule is O=C1C2CCCN2C(c2ccc(Cl)cc2Cl)N1c1nccs1.